The first-order valence-electron chi connectivity index (χ1n) is 6.06. The van der Waals surface area contributed by atoms with Crippen molar-refractivity contribution in [1.29, 1.82) is 0 Å². The number of aromatic nitrogens is 2. The zero-order valence-electron chi connectivity index (χ0n) is 10.9. The molecule has 0 atom stereocenters. The van der Waals surface area contributed by atoms with Crippen LogP contribution in [-0.2, 0) is 11.2 Å². The Bertz CT molecular complexity index is 662. The topological polar surface area (TPSA) is 74.8 Å². The monoisotopic (exact) mass is 257 g/mol. The summed E-state index contributed by atoms with van der Waals surface area (Å²) in [6.45, 7) is 3.39. The second-order valence-corrected chi connectivity index (χ2v) is 4.20. The Kier molecular flexibility index (Phi) is 3.75. The minimum Gasteiger partial charge on any atom is -0.326 e. The number of H-pyrrole nitrogens is 1. The van der Waals surface area contributed by atoms with E-state index in [-0.39, 0.29) is 11.5 Å². The Morgan fingerprint density at radius 3 is 2.84 bits per heavy atom. The molecule has 5 nitrogen and oxygen atoms in total. The quantitative estimate of drug-likeness (QED) is 0.882. The highest BCUT2D eigenvalue weighted by molar-refractivity contribution is 5.89. The lowest BCUT2D eigenvalue weighted by Crippen LogP contribution is -2.10. The Balaban J connectivity index is 2.43. The predicted molar refractivity (Wildman–Crippen MR) is 74.0 cm³/mol. The minimum atomic E-state index is -0.174. The van der Waals surface area contributed by atoms with Crippen molar-refractivity contribution in [2.24, 2.45) is 0 Å². The van der Waals surface area contributed by atoms with E-state index >= 15 is 0 Å². The van der Waals surface area contributed by atoms with Crippen LogP contribution in [0.2, 0.25) is 0 Å². The first-order chi connectivity index (χ1) is 9.08. The molecule has 0 fully saturated rings. The number of hydrogen-bond acceptors (Lipinski definition) is 3. The van der Waals surface area contributed by atoms with E-state index in [1.54, 1.807) is 18.2 Å². The number of nitrogens with one attached hydrogen (secondary N) is 2. The maximum Gasteiger partial charge on any atom is 0.251 e. The van der Waals surface area contributed by atoms with Crippen molar-refractivity contribution in [3.05, 3.63) is 46.4 Å². The molecule has 0 radical (unpaired) electrons. The standard InChI is InChI=1S/C14H15N3O2/c1-3-11-8-13(19)17-14(16-11)10-5-4-6-12(7-10)15-9(2)18/h4-8H,3H2,1-2H3,(H,15,18)(H,16,17,19). The third-order valence-corrected chi connectivity index (χ3v) is 2.61. The van der Waals surface area contributed by atoms with Crippen LogP contribution in [0, 0.1) is 0 Å². The van der Waals surface area contributed by atoms with Crippen LogP contribution in [0.3, 0.4) is 0 Å². The number of rotatable bonds is 3. The van der Waals surface area contributed by atoms with Crippen LogP contribution < -0.4 is 10.9 Å². The Hall–Kier alpha value is -2.43. The average Bonchev–Trinajstić information content (AvgIpc) is 2.37. The van der Waals surface area contributed by atoms with Crippen LogP contribution in [-0.4, -0.2) is 15.9 Å². The fourth-order valence-electron chi connectivity index (χ4n) is 1.77. The number of hydrogen-bond donors (Lipinski definition) is 2. The van der Waals surface area contributed by atoms with E-state index in [1.165, 1.54) is 13.0 Å². The lowest BCUT2D eigenvalue weighted by atomic mass is 10.2. The van der Waals surface area contributed by atoms with Crippen molar-refractivity contribution >= 4 is 11.6 Å². The van der Waals surface area contributed by atoms with E-state index in [1.807, 2.05) is 13.0 Å². The summed E-state index contributed by atoms with van der Waals surface area (Å²) in [5.41, 5.74) is 2.00. The SMILES string of the molecule is CCc1cc(=O)[nH]c(-c2cccc(NC(C)=O)c2)n1. The van der Waals surface area contributed by atoms with Gasteiger partial charge in [0.1, 0.15) is 5.82 Å². The molecule has 98 valence electrons. The molecular weight excluding hydrogens is 242 g/mol. The molecule has 0 aliphatic carbocycles. The van der Waals surface area contributed by atoms with Gasteiger partial charge < -0.3 is 10.3 Å². The number of aryl methyl sites for hydroxylation is 1. The maximum atomic E-state index is 11.5. The molecule has 2 N–H and O–H groups in total. The lowest BCUT2D eigenvalue weighted by Gasteiger charge is -2.06. The van der Waals surface area contributed by atoms with Gasteiger partial charge in [0.25, 0.3) is 5.56 Å². The van der Waals surface area contributed by atoms with E-state index in [4.69, 9.17) is 0 Å². The molecule has 0 aliphatic heterocycles. The first kappa shape index (κ1) is 13.0. The summed E-state index contributed by atoms with van der Waals surface area (Å²) in [6.07, 6.45) is 0.697. The van der Waals surface area contributed by atoms with Crippen molar-refractivity contribution in [1.82, 2.24) is 9.97 Å². The van der Waals surface area contributed by atoms with Crippen LogP contribution in [0.15, 0.2) is 35.1 Å². The summed E-state index contributed by atoms with van der Waals surface area (Å²) in [6, 6.07) is 8.69. The molecule has 0 bridgehead atoms. The highest BCUT2D eigenvalue weighted by atomic mass is 16.1. The number of benzene rings is 1. The fourth-order valence-corrected chi connectivity index (χ4v) is 1.77. The van der Waals surface area contributed by atoms with Gasteiger partial charge in [0.15, 0.2) is 0 Å². The van der Waals surface area contributed by atoms with Crippen molar-refractivity contribution < 1.29 is 4.79 Å². The van der Waals surface area contributed by atoms with Crippen LogP contribution in [0.25, 0.3) is 11.4 Å². The Morgan fingerprint density at radius 2 is 2.16 bits per heavy atom. The molecule has 0 aliphatic rings. The van der Waals surface area contributed by atoms with Crippen LogP contribution >= 0.6 is 0 Å². The predicted octanol–water partition coefficient (Wildman–Crippen LogP) is 1.96. The van der Waals surface area contributed by atoms with Gasteiger partial charge in [0.05, 0.1) is 0 Å². The molecule has 0 saturated heterocycles. The second-order valence-electron chi connectivity index (χ2n) is 4.20. The lowest BCUT2D eigenvalue weighted by molar-refractivity contribution is -0.114. The molecule has 5 heteroatoms. The molecule has 0 spiro atoms. The highest BCUT2D eigenvalue weighted by Gasteiger charge is 2.04. The van der Waals surface area contributed by atoms with Gasteiger partial charge in [-0.3, -0.25) is 9.59 Å². The summed E-state index contributed by atoms with van der Waals surface area (Å²) in [7, 11) is 0. The molecular formula is C14H15N3O2. The van der Waals surface area contributed by atoms with Gasteiger partial charge >= 0.3 is 0 Å². The highest BCUT2D eigenvalue weighted by Crippen LogP contribution is 2.18. The van der Waals surface area contributed by atoms with Crippen LogP contribution in [0.1, 0.15) is 19.5 Å². The van der Waals surface area contributed by atoms with Gasteiger partial charge in [-0.05, 0) is 18.6 Å². The molecule has 1 heterocycles. The zero-order chi connectivity index (χ0) is 13.8. The van der Waals surface area contributed by atoms with Gasteiger partial charge in [-0.15, -0.1) is 0 Å². The number of nitrogens with zero attached hydrogens (tertiary/aromatic N) is 1. The van der Waals surface area contributed by atoms with Crippen LogP contribution in [0.5, 0.6) is 0 Å². The third-order valence-electron chi connectivity index (χ3n) is 2.61. The Morgan fingerprint density at radius 1 is 1.37 bits per heavy atom. The van der Waals surface area contributed by atoms with E-state index in [9.17, 15) is 9.59 Å². The molecule has 0 unspecified atom stereocenters. The van der Waals surface area contributed by atoms with Crippen molar-refractivity contribution in [3.8, 4) is 11.4 Å². The third kappa shape index (κ3) is 3.28. The van der Waals surface area contributed by atoms with E-state index in [0.29, 0.717) is 17.9 Å². The van der Waals surface area contributed by atoms with Crippen molar-refractivity contribution in [2.45, 2.75) is 20.3 Å². The average molecular weight is 257 g/mol. The molecule has 1 amide bonds. The number of amides is 1. The number of carbonyl (C=O) groups is 1. The Labute approximate surface area is 110 Å². The normalized spacial score (nSPS) is 10.2. The van der Waals surface area contributed by atoms with Gasteiger partial charge in [-0.2, -0.15) is 0 Å². The molecule has 2 rings (SSSR count). The van der Waals surface area contributed by atoms with E-state index in [0.717, 1.165) is 11.3 Å². The summed E-state index contributed by atoms with van der Waals surface area (Å²) in [4.78, 5) is 29.6. The molecule has 0 saturated carbocycles. The zero-order valence-corrected chi connectivity index (χ0v) is 10.9. The summed E-state index contributed by atoms with van der Waals surface area (Å²) >= 11 is 0. The van der Waals surface area contributed by atoms with Crippen molar-refractivity contribution in [3.63, 3.8) is 0 Å². The number of carbonyl (C=O) groups excluding carboxylic acids is 1. The van der Waals surface area contributed by atoms with Gasteiger partial charge in [-0.25, -0.2) is 4.98 Å². The van der Waals surface area contributed by atoms with Crippen LogP contribution in [0.4, 0.5) is 5.69 Å². The molecule has 1 aromatic heterocycles. The fraction of sp³-hybridized carbons (Fsp3) is 0.214. The van der Waals surface area contributed by atoms with E-state index < -0.39 is 0 Å². The summed E-state index contributed by atoms with van der Waals surface area (Å²) < 4.78 is 0. The molecule has 19 heavy (non-hydrogen) atoms. The molecule has 1 aromatic carbocycles. The largest absolute Gasteiger partial charge is 0.326 e. The van der Waals surface area contributed by atoms with E-state index in [2.05, 4.69) is 15.3 Å². The first-order valence-corrected chi connectivity index (χ1v) is 6.06. The van der Waals surface area contributed by atoms with Gasteiger partial charge in [-0.1, -0.05) is 19.1 Å². The number of anilines is 1. The summed E-state index contributed by atoms with van der Waals surface area (Å²) in [5.74, 6) is 0.373. The maximum absolute atomic E-state index is 11.5. The van der Waals surface area contributed by atoms with Crippen molar-refractivity contribution in [2.75, 3.05) is 5.32 Å². The number of aromatic amines is 1. The van der Waals surface area contributed by atoms with Gasteiger partial charge in [0.2, 0.25) is 5.91 Å². The second kappa shape index (κ2) is 5.48. The summed E-state index contributed by atoms with van der Waals surface area (Å²) in [5, 5.41) is 2.70. The smallest absolute Gasteiger partial charge is 0.251 e. The molecule has 2 aromatic rings. The minimum absolute atomic E-state index is 0.138. The van der Waals surface area contributed by atoms with Gasteiger partial charge in [0, 0.05) is 29.9 Å².